The van der Waals surface area contributed by atoms with Crippen LogP contribution in [0.4, 0.5) is 0 Å². The standard InChI is InChI=1S/C12H24N2OS/c1-11(6-9-16(4)15)14-8-5-7-12(2,3)10-13/h11,14H,5-9H2,1-4H3. The van der Waals surface area contributed by atoms with Gasteiger partial charge in [0.25, 0.3) is 0 Å². The summed E-state index contributed by atoms with van der Waals surface area (Å²) in [7, 11) is -0.692. The van der Waals surface area contributed by atoms with E-state index in [1.54, 1.807) is 6.26 Å². The lowest BCUT2D eigenvalue weighted by atomic mass is 9.90. The second-order valence-electron chi connectivity index (χ2n) is 5.02. The van der Waals surface area contributed by atoms with Crippen molar-refractivity contribution in [3.05, 3.63) is 0 Å². The predicted molar refractivity (Wildman–Crippen MR) is 69.6 cm³/mol. The van der Waals surface area contributed by atoms with Gasteiger partial charge in [0.2, 0.25) is 0 Å². The Kier molecular flexibility index (Phi) is 7.61. The van der Waals surface area contributed by atoms with Crippen molar-refractivity contribution in [2.24, 2.45) is 5.41 Å². The minimum absolute atomic E-state index is 0.212. The third-order valence-electron chi connectivity index (χ3n) is 2.61. The first-order valence-electron chi connectivity index (χ1n) is 5.82. The largest absolute Gasteiger partial charge is 0.314 e. The van der Waals surface area contributed by atoms with Gasteiger partial charge >= 0.3 is 0 Å². The quantitative estimate of drug-likeness (QED) is 0.665. The molecule has 3 nitrogen and oxygen atoms in total. The van der Waals surface area contributed by atoms with Crippen molar-refractivity contribution < 1.29 is 4.21 Å². The lowest BCUT2D eigenvalue weighted by Crippen LogP contribution is -2.29. The third kappa shape index (κ3) is 8.87. The van der Waals surface area contributed by atoms with E-state index in [0.717, 1.165) is 31.6 Å². The lowest BCUT2D eigenvalue weighted by Gasteiger charge is -2.17. The van der Waals surface area contributed by atoms with Gasteiger partial charge in [0.1, 0.15) is 0 Å². The van der Waals surface area contributed by atoms with Crippen LogP contribution in [0.5, 0.6) is 0 Å². The molecule has 0 spiro atoms. The van der Waals surface area contributed by atoms with Gasteiger partial charge in [-0.1, -0.05) is 0 Å². The Balaban J connectivity index is 3.52. The number of nitrogens with zero attached hydrogens (tertiary/aromatic N) is 1. The Hall–Kier alpha value is -0.400. The van der Waals surface area contributed by atoms with Crippen LogP contribution in [-0.4, -0.2) is 28.8 Å². The van der Waals surface area contributed by atoms with E-state index in [-0.39, 0.29) is 5.41 Å². The second kappa shape index (κ2) is 7.81. The molecule has 2 atom stereocenters. The molecule has 0 aliphatic carbocycles. The number of hydrogen-bond donors (Lipinski definition) is 1. The van der Waals surface area contributed by atoms with Crippen LogP contribution in [0.3, 0.4) is 0 Å². The SMILES string of the molecule is CC(CCS(C)=O)NCCCC(C)(C)C#N. The fourth-order valence-electron chi connectivity index (χ4n) is 1.38. The van der Waals surface area contributed by atoms with Gasteiger partial charge < -0.3 is 5.32 Å². The summed E-state index contributed by atoms with van der Waals surface area (Å²) < 4.78 is 10.9. The summed E-state index contributed by atoms with van der Waals surface area (Å²) in [5.41, 5.74) is -0.212. The van der Waals surface area contributed by atoms with Crippen LogP contribution in [0.25, 0.3) is 0 Å². The summed E-state index contributed by atoms with van der Waals surface area (Å²) in [4.78, 5) is 0. The fraction of sp³-hybridized carbons (Fsp3) is 0.917. The Morgan fingerprint density at radius 2 is 2.12 bits per heavy atom. The summed E-state index contributed by atoms with van der Waals surface area (Å²) in [5, 5.41) is 12.2. The van der Waals surface area contributed by atoms with Crippen molar-refractivity contribution in [2.45, 2.75) is 46.1 Å². The van der Waals surface area contributed by atoms with Crippen molar-refractivity contribution in [1.82, 2.24) is 5.32 Å². The molecule has 0 aromatic carbocycles. The molecule has 16 heavy (non-hydrogen) atoms. The highest BCUT2D eigenvalue weighted by atomic mass is 32.2. The lowest BCUT2D eigenvalue weighted by molar-refractivity contribution is 0.414. The van der Waals surface area contributed by atoms with E-state index in [2.05, 4.69) is 18.3 Å². The molecule has 0 saturated carbocycles. The molecule has 0 aliphatic heterocycles. The Morgan fingerprint density at radius 3 is 2.62 bits per heavy atom. The van der Waals surface area contributed by atoms with E-state index < -0.39 is 10.8 Å². The van der Waals surface area contributed by atoms with E-state index in [4.69, 9.17) is 5.26 Å². The summed E-state index contributed by atoms with van der Waals surface area (Å²) in [6, 6.07) is 2.71. The maximum Gasteiger partial charge on any atom is 0.0683 e. The first kappa shape index (κ1) is 15.6. The molecule has 0 aromatic rings. The van der Waals surface area contributed by atoms with Crippen LogP contribution < -0.4 is 5.32 Å². The zero-order valence-electron chi connectivity index (χ0n) is 10.9. The van der Waals surface area contributed by atoms with Crippen molar-refractivity contribution in [3.63, 3.8) is 0 Å². The van der Waals surface area contributed by atoms with Crippen LogP contribution in [0, 0.1) is 16.7 Å². The zero-order valence-corrected chi connectivity index (χ0v) is 11.7. The Bertz CT molecular complexity index is 258. The molecule has 0 amide bonds. The van der Waals surface area contributed by atoms with Crippen LogP contribution in [0.1, 0.15) is 40.0 Å². The van der Waals surface area contributed by atoms with Crippen molar-refractivity contribution >= 4 is 10.8 Å². The van der Waals surface area contributed by atoms with Crippen LogP contribution in [0.15, 0.2) is 0 Å². The van der Waals surface area contributed by atoms with Crippen molar-refractivity contribution in [2.75, 3.05) is 18.6 Å². The molecule has 0 radical (unpaired) electrons. The van der Waals surface area contributed by atoms with Crippen molar-refractivity contribution in [3.8, 4) is 6.07 Å². The van der Waals surface area contributed by atoms with Crippen LogP contribution in [0.2, 0.25) is 0 Å². The summed E-state index contributed by atoms with van der Waals surface area (Å²) >= 11 is 0. The molecule has 94 valence electrons. The molecule has 4 heteroatoms. The average molecular weight is 244 g/mol. The van der Waals surface area contributed by atoms with Gasteiger partial charge in [0.15, 0.2) is 0 Å². The van der Waals surface area contributed by atoms with E-state index in [1.807, 2.05) is 13.8 Å². The normalized spacial score (nSPS) is 15.4. The minimum Gasteiger partial charge on any atom is -0.314 e. The first-order valence-corrected chi connectivity index (χ1v) is 7.55. The monoisotopic (exact) mass is 244 g/mol. The highest BCUT2D eigenvalue weighted by Crippen LogP contribution is 2.19. The summed E-state index contributed by atoms with van der Waals surface area (Å²) in [5.74, 6) is 0.762. The summed E-state index contributed by atoms with van der Waals surface area (Å²) in [6.45, 7) is 6.98. The van der Waals surface area contributed by atoms with E-state index >= 15 is 0 Å². The molecule has 0 fully saturated rings. The number of rotatable bonds is 8. The summed E-state index contributed by atoms with van der Waals surface area (Å²) in [6.07, 6.45) is 4.62. The molecule has 1 N–H and O–H groups in total. The third-order valence-corrected chi connectivity index (χ3v) is 3.42. The molecule has 2 unspecified atom stereocenters. The maximum absolute atomic E-state index is 10.9. The first-order chi connectivity index (χ1) is 7.37. The van der Waals surface area contributed by atoms with Gasteiger partial charge in [0, 0.05) is 28.9 Å². The zero-order chi connectivity index (χ0) is 12.6. The van der Waals surface area contributed by atoms with Gasteiger partial charge in [-0.3, -0.25) is 4.21 Å². The molecule has 0 heterocycles. The van der Waals surface area contributed by atoms with Gasteiger partial charge in [0.05, 0.1) is 11.5 Å². The predicted octanol–water partition coefficient (Wildman–Crippen LogP) is 2.06. The van der Waals surface area contributed by atoms with Gasteiger partial charge in [-0.15, -0.1) is 0 Å². The average Bonchev–Trinajstić information content (AvgIpc) is 2.21. The fourth-order valence-corrected chi connectivity index (χ4v) is 2.06. The van der Waals surface area contributed by atoms with E-state index in [9.17, 15) is 4.21 Å². The van der Waals surface area contributed by atoms with Gasteiger partial charge in [-0.25, -0.2) is 0 Å². The Labute approximate surface area is 102 Å². The Morgan fingerprint density at radius 1 is 1.50 bits per heavy atom. The van der Waals surface area contributed by atoms with Gasteiger partial charge in [-0.2, -0.15) is 5.26 Å². The number of nitrogens with one attached hydrogen (secondary N) is 1. The smallest absolute Gasteiger partial charge is 0.0683 e. The van der Waals surface area contributed by atoms with E-state index in [0.29, 0.717) is 6.04 Å². The molecule has 0 bridgehead atoms. The highest BCUT2D eigenvalue weighted by molar-refractivity contribution is 7.84. The molecule has 0 saturated heterocycles. The molecular weight excluding hydrogens is 220 g/mol. The molecule has 0 aromatic heterocycles. The van der Waals surface area contributed by atoms with E-state index in [1.165, 1.54) is 0 Å². The highest BCUT2D eigenvalue weighted by Gasteiger charge is 2.15. The van der Waals surface area contributed by atoms with Crippen LogP contribution in [-0.2, 0) is 10.8 Å². The minimum atomic E-state index is -0.692. The second-order valence-corrected chi connectivity index (χ2v) is 6.58. The molecular formula is C12H24N2OS. The molecule has 0 rings (SSSR count). The topological polar surface area (TPSA) is 52.9 Å². The maximum atomic E-state index is 10.9. The molecule has 0 aliphatic rings. The number of hydrogen-bond acceptors (Lipinski definition) is 3. The van der Waals surface area contributed by atoms with Gasteiger partial charge in [-0.05, 0) is 46.6 Å². The number of nitriles is 1. The van der Waals surface area contributed by atoms with Crippen molar-refractivity contribution in [1.29, 1.82) is 5.26 Å². The van der Waals surface area contributed by atoms with Crippen LogP contribution >= 0.6 is 0 Å².